The molecular weight excluding hydrogens is 200 g/mol. The van der Waals surface area contributed by atoms with Crippen LogP contribution in [0.2, 0.25) is 0 Å². The lowest BCUT2D eigenvalue weighted by atomic mass is 10.4. The molecule has 2 rings (SSSR count). The fourth-order valence-corrected chi connectivity index (χ4v) is 2.16. The van der Waals surface area contributed by atoms with Crippen LogP contribution in [0.4, 0.5) is 0 Å². The quantitative estimate of drug-likeness (QED) is 0.746. The van der Waals surface area contributed by atoms with Gasteiger partial charge in [0.1, 0.15) is 0 Å². The van der Waals surface area contributed by atoms with Crippen molar-refractivity contribution in [3.05, 3.63) is 30.6 Å². The van der Waals surface area contributed by atoms with Gasteiger partial charge in [0.2, 0.25) is 0 Å². The number of hydrogen-bond donors (Lipinski definition) is 0. The Morgan fingerprint density at radius 1 is 1.43 bits per heavy atom. The normalized spacial score (nSPS) is 12.1. The number of hydrogen-bond acceptors (Lipinski definition) is 3. The number of fused-ring (bicyclic) bond motifs is 1. The Bertz CT molecular complexity index is 557. The molecule has 0 aromatic carbocycles. The summed E-state index contributed by atoms with van der Waals surface area (Å²) in [6.45, 7) is 1.63. The van der Waals surface area contributed by atoms with E-state index in [0.717, 1.165) is 5.52 Å². The van der Waals surface area contributed by atoms with Gasteiger partial charge in [-0.3, -0.25) is 0 Å². The highest BCUT2D eigenvalue weighted by molar-refractivity contribution is 7.91. The van der Waals surface area contributed by atoms with Gasteiger partial charge in [-0.25, -0.2) is 12.9 Å². The monoisotopic (exact) mass is 210 g/mol. The maximum absolute atomic E-state index is 11.5. The average molecular weight is 210 g/mol. The Kier molecular flexibility index (Phi) is 2.03. The van der Waals surface area contributed by atoms with Crippen molar-refractivity contribution in [3.63, 3.8) is 0 Å². The van der Waals surface area contributed by atoms with Crippen molar-refractivity contribution >= 4 is 15.4 Å². The number of sulfone groups is 1. The molecule has 0 spiro atoms. The lowest BCUT2D eigenvalue weighted by Gasteiger charge is -2.01. The number of nitrogens with zero attached hydrogens (tertiary/aromatic N) is 2. The Morgan fingerprint density at radius 2 is 2.21 bits per heavy atom. The van der Waals surface area contributed by atoms with Gasteiger partial charge in [0.15, 0.2) is 9.84 Å². The first kappa shape index (κ1) is 9.21. The smallest absolute Gasteiger partial charge is 0.178 e. The minimum absolute atomic E-state index is 0.122. The lowest BCUT2D eigenvalue weighted by Crippen LogP contribution is -2.04. The van der Waals surface area contributed by atoms with Gasteiger partial charge in [-0.1, -0.05) is 6.92 Å². The third kappa shape index (κ3) is 1.39. The van der Waals surface area contributed by atoms with Gasteiger partial charge in [-0.05, 0) is 18.2 Å². The number of rotatable bonds is 2. The summed E-state index contributed by atoms with van der Waals surface area (Å²) in [7, 11) is -3.11. The largest absolute Gasteiger partial charge is 0.241 e. The first-order chi connectivity index (χ1) is 6.63. The van der Waals surface area contributed by atoms with E-state index in [4.69, 9.17) is 0 Å². The summed E-state index contributed by atoms with van der Waals surface area (Å²) in [4.78, 5) is 0.355. The molecule has 74 valence electrons. The van der Waals surface area contributed by atoms with E-state index >= 15 is 0 Å². The van der Waals surface area contributed by atoms with Crippen LogP contribution in [0.3, 0.4) is 0 Å². The van der Waals surface area contributed by atoms with Gasteiger partial charge in [0.05, 0.1) is 16.2 Å². The molecule has 2 heterocycles. The summed E-state index contributed by atoms with van der Waals surface area (Å²) >= 11 is 0. The molecule has 0 fully saturated rings. The van der Waals surface area contributed by atoms with Gasteiger partial charge in [-0.15, -0.1) is 0 Å². The third-order valence-electron chi connectivity index (χ3n) is 2.11. The van der Waals surface area contributed by atoms with Crippen molar-refractivity contribution in [1.82, 2.24) is 9.61 Å². The van der Waals surface area contributed by atoms with Crippen LogP contribution in [-0.2, 0) is 9.84 Å². The fourth-order valence-electron chi connectivity index (χ4n) is 1.26. The van der Waals surface area contributed by atoms with E-state index < -0.39 is 9.84 Å². The summed E-state index contributed by atoms with van der Waals surface area (Å²) in [6, 6.07) is 4.97. The van der Waals surface area contributed by atoms with Crippen molar-refractivity contribution in [2.24, 2.45) is 0 Å². The predicted octanol–water partition coefficient (Wildman–Crippen LogP) is 1.13. The van der Waals surface area contributed by atoms with Crippen molar-refractivity contribution in [1.29, 1.82) is 0 Å². The summed E-state index contributed by atoms with van der Waals surface area (Å²) in [5.74, 6) is 0.122. The van der Waals surface area contributed by atoms with Crippen LogP contribution in [-0.4, -0.2) is 23.8 Å². The van der Waals surface area contributed by atoms with E-state index in [9.17, 15) is 8.42 Å². The minimum atomic E-state index is -3.11. The Balaban J connectivity index is 2.65. The van der Waals surface area contributed by atoms with E-state index in [2.05, 4.69) is 5.10 Å². The van der Waals surface area contributed by atoms with Crippen molar-refractivity contribution in [3.8, 4) is 0 Å². The highest BCUT2D eigenvalue weighted by Gasteiger charge is 2.11. The maximum Gasteiger partial charge on any atom is 0.178 e. The molecule has 0 aliphatic carbocycles. The maximum atomic E-state index is 11.5. The number of pyridine rings is 1. The van der Waals surface area contributed by atoms with Crippen molar-refractivity contribution in [2.45, 2.75) is 11.8 Å². The Hall–Kier alpha value is -1.36. The minimum Gasteiger partial charge on any atom is -0.241 e. The van der Waals surface area contributed by atoms with Gasteiger partial charge in [0, 0.05) is 12.4 Å². The van der Waals surface area contributed by atoms with E-state index in [1.807, 2.05) is 0 Å². The fraction of sp³-hybridized carbons (Fsp3) is 0.222. The molecule has 5 heteroatoms. The summed E-state index contributed by atoms with van der Waals surface area (Å²) in [5, 5.41) is 3.99. The van der Waals surface area contributed by atoms with E-state index in [1.165, 1.54) is 0 Å². The highest BCUT2D eigenvalue weighted by atomic mass is 32.2. The lowest BCUT2D eigenvalue weighted by molar-refractivity contribution is 0.597. The molecule has 0 amide bonds. The molecule has 0 aliphatic heterocycles. The highest BCUT2D eigenvalue weighted by Crippen LogP contribution is 2.13. The third-order valence-corrected chi connectivity index (χ3v) is 3.84. The second-order valence-electron chi connectivity index (χ2n) is 2.97. The molecule has 4 nitrogen and oxygen atoms in total. The predicted molar refractivity (Wildman–Crippen MR) is 52.9 cm³/mol. The standard InChI is InChI=1S/C9H10N2O2S/c1-2-14(12,13)9-4-6-11-8(7-9)3-5-10-11/h3-7H,2H2,1H3. The van der Waals surface area contributed by atoms with Crippen LogP contribution in [0, 0.1) is 0 Å². The molecule has 0 unspecified atom stereocenters. The molecular formula is C9H10N2O2S. The molecule has 0 aliphatic rings. The molecule has 0 N–H and O–H groups in total. The average Bonchev–Trinajstić information content (AvgIpc) is 2.64. The number of aromatic nitrogens is 2. The van der Waals surface area contributed by atoms with Crippen LogP contribution < -0.4 is 0 Å². The molecule has 2 aromatic rings. The second-order valence-corrected chi connectivity index (χ2v) is 5.24. The van der Waals surface area contributed by atoms with Crippen LogP contribution in [0.15, 0.2) is 35.5 Å². The zero-order valence-electron chi connectivity index (χ0n) is 7.71. The van der Waals surface area contributed by atoms with E-state index in [0.29, 0.717) is 4.90 Å². The molecule has 0 saturated carbocycles. The molecule has 2 aromatic heterocycles. The van der Waals surface area contributed by atoms with Gasteiger partial charge < -0.3 is 0 Å². The molecule has 14 heavy (non-hydrogen) atoms. The van der Waals surface area contributed by atoms with Gasteiger partial charge in [-0.2, -0.15) is 5.10 Å². The zero-order chi connectivity index (χ0) is 10.2. The summed E-state index contributed by atoms with van der Waals surface area (Å²) < 4.78 is 24.7. The Labute approximate surface area is 82.1 Å². The molecule has 0 bridgehead atoms. The van der Waals surface area contributed by atoms with Crippen LogP contribution in [0.25, 0.3) is 5.52 Å². The topological polar surface area (TPSA) is 51.4 Å². The van der Waals surface area contributed by atoms with Crippen LogP contribution >= 0.6 is 0 Å². The molecule has 0 saturated heterocycles. The van der Waals surface area contributed by atoms with E-state index in [1.54, 1.807) is 42.0 Å². The zero-order valence-corrected chi connectivity index (χ0v) is 8.53. The van der Waals surface area contributed by atoms with Crippen molar-refractivity contribution < 1.29 is 8.42 Å². The first-order valence-electron chi connectivity index (χ1n) is 4.29. The van der Waals surface area contributed by atoms with Gasteiger partial charge >= 0.3 is 0 Å². The Morgan fingerprint density at radius 3 is 2.93 bits per heavy atom. The SMILES string of the molecule is CCS(=O)(=O)c1ccn2nccc2c1. The van der Waals surface area contributed by atoms with E-state index in [-0.39, 0.29) is 5.75 Å². The van der Waals surface area contributed by atoms with Crippen LogP contribution in [0.5, 0.6) is 0 Å². The first-order valence-corrected chi connectivity index (χ1v) is 5.95. The van der Waals surface area contributed by atoms with Gasteiger partial charge in [0.25, 0.3) is 0 Å². The van der Waals surface area contributed by atoms with Crippen molar-refractivity contribution in [2.75, 3.05) is 5.75 Å². The summed E-state index contributed by atoms with van der Waals surface area (Å²) in [5.41, 5.74) is 0.791. The second kappa shape index (κ2) is 3.09. The van der Waals surface area contributed by atoms with Crippen LogP contribution in [0.1, 0.15) is 6.92 Å². The molecule has 0 atom stereocenters. The summed E-state index contributed by atoms with van der Waals surface area (Å²) in [6.07, 6.45) is 3.29. The molecule has 0 radical (unpaired) electrons.